The fraction of sp³-hybridized carbons (Fsp3) is 0. The molecule has 0 saturated heterocycles. The van der Waals surface area contributed by atoms with E-state index in [1.54, 1.807) is 11.3 Å². The first-order chi connectivity index (χ1) is 14.7. The molecule has 4 nitrogen and oxygen atoms in total. The van der Waals surface area contributed by atoms with Crippen LogP contribution in [0.1, 0.15) is 22.8 Å². The Morgan fingerprint density at radius 2 is 1.37 bits per heavy atom. The first-order valence-corrected chi connectivity index (χ1v) is 10.8. The van der Waals surface area contributed by atoms with Crippen LogP contribution in [-0.2, 0) is 0 Å². The standard InChI is InChI=1S/C24H15ClN4S/c25-24-21-13-19-8-6-17(28-19)11-15-4-3-14(26-15)10-16-5-7-18(27-16)12-20(29-21)23(24)22-2-1-9-30-22/h1-13,28-29H. The smallest absolute Gasteiger partial charge is 0.0749 e. The maximum Gasteiger partial charge on any atom is 0.0749 e. The molecule has 0 unspecified atom stereocenters. The lowest BCUT2D eigenvalue weighted by atomic mass is 10.2. The summed E-state index contributed by atoms with van der Waals surface area (Å²) in [5, 5.41) is 2.76. The highest BCUT2D eigenvalue weighted by atomic mass is 35.5. The molecule has 8 bridgehead atoms. The molecule has 6 heteroatoms. The Labute approximate surface area is 181 Å². The number of rotatable bonds is 1. The lowest BCUT2D eigenvalue weighted by molar-refractivity contribution is 1.28. The maximum absolute atomic E-state index is 6.84. The highest BCUT2D eigenvalue weighted by Crippen LogP contribution is 2.38. The molecular weight excluding hydrogens is 412 g/mol. The van der Waals surface area contributed by atoms with Gasteiger partial charge in [0.1, 0.15) is 0 Å². The molecule has 0 radical (unpaired) electrons. The van der Waals surface area contributed by atoms with E-state index in [-0.39, 0.29) is 0 Å². The van der Waals surface area contributed by atoms with E-state index in [1.165, 1.54) is 0 Å². The van der Waals surface area contributed by atoms with Crippen molar-refractivity contribution in [2.24, 2.45) is 0 Å². The van der Waals surface area contributed by atoms with Crippen LogP contribution in [0.25, 0.3) is 56.8 Å². The third kappa shape index (κ3) is 3.09. The molecule has 2 N–H and O–H groups in total. The predicted molar refractivity (Wildman–Crippen MR) is 127 cm³/mol. The quantitative estimate of drug-likeness (QED) is 0.296. The van der Waals surface area contributed by atoms with Crippen molar-refractivity contribution >= 4 is 69.3 Å². The van der Waals surface area contributed by atoms with Crippen molar-refractivity contribution in [3.8, 4) is 10.4 Å². The number of H-pyrrole nitrogens is 2. The van der Waals surface area contributed by atoms with Gasteiger partial charge < -0.3 is 9.97 Å². The zero-order chi connectivity index (χ0) is 20.1. The van der Waals surface area contributed by atoms with Gasteiger partial charge in [0.25, 0.3) is 0 Å². The second-order valence-corrected chi connectivity index (χ2v) is 8.48. The molecule has 4 aromatic rings. The van der Waals surface area contributed by atoms with E-state index >= 15 is 0 Å². The summed E-state index contributed by atoms with van der Waals surface area (Å²) in [5.74, 6) is 0. The van der Waals surface area contributed by atoms with Gasteiger partial charge in [-0.3, -0.25) is 0 Å². The van der Waals surface area contributed by atoms with Crippen molar-refractivity contribution in [1.82, 2.24) is 19.9 Å². The Hall–Kier alpha value is -3.41. The van der Waals surface area contributed by atoms with Gasteiger partial charge in [0, 0.05) is 21.5 Å². The fourth-order valence-corrected chi connectivity index (χ4v) is 4.86. The third-order valence-electron chi connectivity index (χ3n) is 5.05. The molecule has 2 aliphatic heterocycles. The predicted octanol–water partition coefficient (Wildman–Crippen LogP) is 7.04. The monoisotopic (exact) mass is 426 g/mol. The van der Waals surface area contributed by atoms with Gasteiger partial charge >= 0.3 is 0 Å². The van der Waals surface area contributed by atoms with Crippen LogP contribution in [0.3, 0.4) is 0 Å². The van der Waals surface area contributed by atoms with E-state index in [0.29, 0.717) is 5.02 Å². The highest BCUT2D eigenvalue weighted by molar-refractivity contribution is 7.13. The molecule has 0 aromatic carbocycles. The number of hydrogen-bond acceptors (Lipinski definition) is 3. The maximum atomic E-state index is 6.84. The number of aromatic nitrogens is 4. The molecule has 0 aliphatic carbocycles. The van der Waals surface area contributed by atoms with Crippen molar-refractivity contribution in [1.29, 1.82) is 0 Å². The van der Waals surface area contributed by atoms with Gasteiger partial charge in [0.05, 0.1) is 38.8 Å². The summed E-state index contributed by atoms with van der Waals surface area (Å²) in [5.41, 5.74) is 8.29. The largest absolute Gasteiger partial charge is 0.355 e. The fourth-order valence-electron chi connectivity index (χ4n) is 3.71. The van der Waals surface area contributed by atoms with E-state index in [0.717, 1.165) is 55.3 Å². The van der Waals surface area contributed by atoms with Gasteiger partial charge in [0.15, 0.2) is 0 Å². The van der Waals surface area contributed by atoms with Crippen LogP contribution >= 0.6 is 22.9 Å². The molecule has 4 aromatic heterocycles. The molecule has 0 saturated carbocycles. The second-order valence-electron chi connectivity index (χ2n) is 7.15. The molecular formula is C24H15ClN4S. The third-order valence-corrected chi connectivity index (χ3v) is 6.33. The van der Waals surface area contributed by atoms with E-state index in [9.17, 15) is 0 Å². The van der Waals surface area contributed by atoms with E-state index < -0.39 is 0 Å². The van der Waals surface area contributed by atoms with Gasteiger partial charge in [-0.05, 0) is 72.1 Å². The van der Waals surface area contributed by atoms with Crippen LogP contribution < -0.4 is 0 Å². The van der Waals surface area contributed by atoms with Crippen LogP contribution in [-0.4, -0.2) is 19.9 Å². The van der Waals surface area contributed by atoms with Crippen LogP contribution in [0.15, 0.2) is 53.9 Å². The number of thiophene rings is 1. The molecule has 0 spiro atoms. The Morgan fingerprint density at radius 1 is 0.700 bits per heavy atom. The Kier molecular flexibility index (Phi) is 3.97. The molecule has 0 atom stereocenters. The number of nitrogens with zero attached hydrogens (tertiary/aromatic N) is 2. The summed E-state index contributed by atoms with van der Waals surface area (Å²) < 4.78 is 0. The van der Waals surface area contributed by atoms with Crippen LogP contribution in [0.4, 0.5) is 0 Å². The summed E-state index contributed by atoms with van der Waals surface area (Å²) in [7, 11) is 0. The van der Waals surface area contributed by atoms with Gasteiger partial charge in [-0.1, -0.05) is 17.7 Å². The van der Waals surface area contributed by atoms with Gasteiger partial charge in [-0.15, -0.1) is 11.3 Å². The molecule has 0 amide bonds. The van der Waals surface area contributed by atoms with E-state index in [4.69, 9.17) is 16.6 Å². The first kappa shape index (κ1) is 17.4. The zero-order valence-electron chi connectivity index (χ0n) is 15.7. The van der Waals surface area contributed by atoms with Crippen LogP contribution in [0.2, 0.25) is 5.02 Å². The number of halogens is 1. The number of hydrogen-bond donors (Lipinski definition) is 2. The van der Waals surface area contributed by atoms with Crippen LogP contribution in [0.5, 0.6) is 0 Å². The summed E-state index contributed by atoms with van der Waals surface area (Å²) in [6.45, 7) is 0. The molecule has 144 valence electrons. The summed E-state index contributed by atoms with van der Waals surface area (Å²) >= 11 is 8.51. The Morgan fingerprint density at radius 3 is 2.07 bits per heavy atom. The van der Waals surface area contributed by atoms with Gasteiger partial charge in [0.2, 0.25) is 0 Å². The van der Waals surface area contributed by atoms with Gasteiger partial charge in [-0.25, -0.2) is 9.97 Å². The van der Waals surface area contributed by atoms with Crippen molar-refractivity contribution in [2.45, 2.75) is 0 Å². The molecule has 30 heavy (non-hydrogen) atoms. The Bertz CT molecular complexity index is 1500. The summed E-state index contributed by atoms with van der Waals surface area (Å²) in [6.07, 6.45) is 8.02. The van der Waals surface area contributed by atoms with E-state index in [2.05, 4.69) is 26.4 Å². The molecule has 6 rings (SSSR count). The second kappa shape index (κ2) is 6.83. The van der Waals surface area contributed by atoms with Crippen molar-refractivity contribution < 1.29 is 0 Å². The minimum absolute atomic E-state index is 0.702. The van der Waals surface area contributed by atoms with Gasteiger partial charge in [-0.2, -0.15) is 0 Å². The molecule has 0 fully saturated rings. The normalized spacial score (nSPS) is 12.6. The number of fused-ring (bicyclic) bond motifs is 8. The SMILES string of the molecule is Clc1c(-c2cccs2)c2cc3nc(cc4nc(cc5ccc(cc1[nH]2)[nH]5)C=C4)C=C3. The lowest BCUT2D eigenvalue weighted by Crippen LogP contribution is -1.77. The van der Waals surface area contributed by atoms with Crippen molar-refractivity contribution in [3.63, 3.8) is 0 Å². The minimum Gasteiger partial charge on any atom is -0.355 e. The summed E-state index contributed by atoms with van der Waals surface area (Å²) in [6, 6.07) is 16.3. The first-order valence-electron chi connectivity index (χ1n) is 9.52. The van der Waals surface area contributed by atoms with Crippen molar-refractivity contribution in [3.05, 3.63) is 81.7 Å². The number of aromatic amines is 2. The van der Waals surface area contributed by atoms with Crippen LogP contribution in [0, 0.1) is 0 Å². The topological polar surface area (TPSA) is 57.4 Å². The van der Waals surface area contributed by atoms with E-state index in [1.807, 2.05) is 66.8 Å². The highest BCUT2D eigenvalue weighted by Gasteiger charge is 2.13. The lowest BCUT2D eigenvalue weighted by Gasteiger charge is -1.95. The Balaban J connectivity index is 1.73. The molecule has 2 aliphatic rings. The average Bonchev–Trinajstić information content (AvgIpc) is 3.52. The average molecular weight is 427 g/mol. The molecule has 6 heterocycles. The van der Waals surface area contributed by atoms with Crippen molar-refractivity contribution in [2.75, 3.05) is 0 Å². The minimum atomic E-state index is 0.702. The summed E-state index contributed by atoms with van der Waals surface area (Å²) in [4.78, 5) is 17.4. The zero-order valence-corrected chi connectivity index (χ0v) is 17.3. The number of nitrogens with one attached hydrogen (secondary N) is 2.